The molecule has 0 aliphatic heterocycles. The molecule has 1 N–H and O–H groups in total. The van der Waals surface area contributed by atoms with Crippen LogP contribution in [0.15, 0.2) is 42.5 Å². The maximum Gasteiger partial charge on any atom is 0.324 e. The molecule has 0 radical (unpaired) electrons. The van der Waals surface area contributed by atoms with Crippen molar-refractivity contribution >= 4 is 18.6 Å². The highest BCUT2D eigenvalue weighted by Crippen LogP contribution is 2.24. The summed E-state index contributed by atoms with van der Waals surface area (Å²) in [5, 5.41) is 8.71. The molecule has 5 heteroatoms. The van der Waals surface area contributed by atoms with Gasteiger partial charge in [-0.25, -0.2) is 4.39 Å². The Labute approximate surface area is 167 Å². The third-order valence-corrected chi connectivity index (χ3v) is 5.50. The molecular formula is C22H30FNO2S. The Morgan fingerprint density at radius 1 is 1.07 bits per heavy atom. The lowest BCUT2D eigenvalue weighted by Gasteiger charge is -2.29. The van der Waals surface area contributed by atoms with Crippen LogP contribution in [0, 0.1) is 5.82 Å². The number of aliphatic carboxylic acids is 1. The van der Waals surface area contributed by atoms with E-state index < -0.39 is 11.5 Å². The Morgan fingerprint density at radius 2 is 1.67 bits per heavy atom. The first-order valence-electron chi connectivity index (χ1n) is 9.09. The van der Waals surface area contributed by atoms with E-state index in [-0.39, 0.29) is 5.82 Å². The van der Waals surface area contributed by atoms with Gasteiger partial charge in [0.05, 0.1) is 0 Å². The Kier molecular flexibility index (Phi) is 9.00. The van der Waals surface area contributed by atoms with Crippen molar-refractivity contribution < 1.29 is 14.3 Å². The molecule has 0 aromatic heterocycles. The minimum Gasteiger partial charge on any atom is -0.480 e. The number of benzene rings is 2. The second kappa shape index (κ2) is 10.5. The van der Waals surface area contributed by atoms with E-state index in [1.807, 2.05) is 6.07 Å². The second-order valence-electron chi connectivity index (χ2n) is 6.83. The van der Waals surface area contributed by atoms with Gasteiger partial charge < -0.3 is 5.11 Å². The molecule has 0 amide bonds. The van der Waals surface area contributed by atoms with Gasteiger partial charge in [0.2, 0.25) is 0 Å². The highest BCUT2D eigenvalue weighted by Gasteiger charge is 2.33. The number of nitrogens with zero attached hydrogens (tertiary/aromatic N) is 1. The van der Waals surface area contributed by atoms with Gasteiger partial charge in [-0.15, -0.1) is 0 Å². The summed E-state index contributed by atoms with van der Waals surface area (Å²) in [6.07, 6.45) is 2.07. The van der Waals surface area contributed by atoms with E-state index in [1.54, 1.807) is 38.1 Å². The largest absolute Gasteiger partial charge is 0.480 e. The Balaban J connectivity index is 0.000000314. The van der Waals surface area contributed by atoms with Crippen molar-refractivity contribution in [1.29, 1.82) is 0 Å². The molecule has 2 rings (SSSR count). The van der Waals surface area contributed by atoms with Crippen LogP contribution in [0.2, 0.25) is 0 Å². The zero-order valence-corrected chi connectivity index (χ0v) is 17.7. The molecule has 1 atom stereocenters. The number of aryl methyl sites for hydroxylation is 2. The fourth-order valence-electron chi connectivity index (χ4n) is 2.55. The number of carboxylic acids is 1. The molecule has 0 aliphatic carbocycles. The van der Waals surface area contributed by atoms with Crippen LogP contribution >= 0.6 is 12.6 Å². The number of hydrogen-bond donors (Lipinski definition) is 2. The fourth-order valence-corrected chi connectivity index (χ4v) is 2.97. The molecule has 2 aromatic rings. The van der Waals surface area contributed by atoms with E-state index >= 15 is 0 Å². The number of rotatable bonds is 6. The Bertz CT molecular complexity index is 764. The van der Waals surface area contributed by atoms with E-state index in [1.165, 1.54) is 17.2 Å². The molecule has 0 unspecified atom stereocenters. The molecule has 0 aliphatic rings. The first-order chi connectivity index (χ1) is 12.7. The topological polar surface area (TPSA) is 40.5 Å². The number of carboxylic acid groups (broad SMARTS) is 1. The van der Waals surface area contributed by atoms with E-state index in [4.69, 9.17) is 5.11 Å². The average molecular weight is 392 g/mol. The van der Waals surface area contributed by atoms with Crippen molar-refractivity contribution in [2.24, 2.45) is 0 Å². The maximum absolute atomic E-state index is 13.2. The van der Waals surface area contributed by atoms with Gasteiger partial charge in [0, 0.05) is 5.75 Å². The first-order valence-corrected chi connectivity index (χ1v) is 9.72. The van der Waals surface area contributed by atoms with Crippen LogP contribution in [-0.4, -0.2) is 41.4 Å². The number of halogens is 1. The van der Waals surface area contributed by atoms with E-state index in [0.29, 0.717) is 5.75 Å². The van der Waals surface area contributed by atoms with Gasteiger partial charge >= 0.3 is 5.97 Å². The summed E-state index contributed by atoms with van der Waals surface area (Å²) in [5.41, 5.74) is 3.94. The minimum absolute atomic E-state index is 0.180. The quantitative estimate of drug-likeness (QED) is 0.686. The third kappa shape index (κ3) is 6.08. The SMILES string of the molecule is CCc1ccc(-c2cccc(F)c2)cc1CC.CN(C)[C@@](C)(CS)C(=O)O. The molecule has 0 saturated heterocycles. The van der Waals surface area contributed by atoms with Crippen LogP contribution in [0.25, 0.3) is 11.1 Å². The minimum atomic E-state index is -0.844. The molecule has 2 aromatic carbocycles. The highest BCUT2D eigenvalue weighted by atomic mass is 32.1. The van der Waals surface area contributed by atoms with Gasteiger partial charge in [-0.2, -0.15) is 12.6 Å². The standard InChI is InChI=1S/C16H17F.C6H13NO2S/c1-3-12-8-9-15(10-13(12)4-2)14-6-5-7-16(17)11-14;1-6(4-10,5(8)9)7(2)3/h5-11H,3-4H2,1-2H3;10H,4H2,1-3H3,(H,8,9)/t;6-/m.0/s1. The van der Waals surface area contributed by atoms with Crippen LogP contribution in [0.3, 0.4) is 0 Å². The zero-order valence-electron chi connectivity index (χ0n) is 16.8. The average Bonchev–Trinajstić information content (AvgIpc) is 2.66. The van der Waals surface area contributed by atoms with Crippen molar-refractivity contribution in [3.05, 3.63) is 59.4 Å². The van der Waals surface area contributed by atoms with Gasteiger partial charge in [-0.05, 0) is 68.2 Å². The molecule has 27 heavy (non-hydrogen) atoms. The Hall–Kier alpha value is -1.85. The monoisotopic (exact) mass is 391 g/mol. The Morgan fingerprint density at radius 3 is 2.07 bits per heavy atom. The lowest BCUT2D eigenvalue weighted by Crippen LogP contribution is -2.50. The molecule has 0 fully saturated rings. The summed E-state index contributed by atoms with van der Waals surface area (Å²) in [6, 6.07) is 13.2. The van der Waals surface area contributed by atoms with Gasteiger partial charge in [-0.1, -0.05) is 44.2 Å². The van der Waals surface area contributed by atoms with E-state index in [2.05, 4.69) is 44.7 Å². The molecule has 0 heterocycles. The summed E-state index contributed by atoms with van der Waals surface area (Å²) in [6.45, 7) is 5.96. The molecule has 0 saturated carbocycles. The van der Waals surface area contributed by atoms with Crippen LogP contribution in [0.1, 0.15) is 31.9 Å². The summed E-state index contributed by atoms with van der Waals surface area (Å²) in [5.74, 6) is -0.706. The molecular weight excluding hydrogens is 361 g/mol. The van der Waals surface area contributed by atoms with Crippen LogP contribution in [0.5, 0.6) is 0 Å². The van der Waals surface area contributed by atoms with Crippen LogP contribution in [-0.2, 0) is 17.6 Å². The van der Waals surface area contributed by atoms with Gasteiger partial charge in [0.15, 0.2) is 0 Å². The van der Waals surface area contributed by atoms with Crippen molar-refractivity contribution in [1.82, 2.24) is 4.90 Å². The lowest BCUT2D eigenvalue weighted by atomic mass is 9.96. The number of thiol groups is 1. The molecule has 0 bridgehead atoms. The molecule has 3 nitrogen and oxygen atoms in total. The summed E-state index contributed by atoms with van der Waals surface area (Å²) >= 11 is 3.96. The van der Waals surface area contributed by atoms with Gasteiger partial charge in [0.1, 0.15) is 11.4 Å². The summed E-state index contributed by atoms with van der Waals surface area (Å²) in [7, 11) is 3.45. The van der Waals surface area contributed by atoms with Crippen LogP contribution in [0.4, 0.5) is 4.39 Å². The number of carbonyl (C=O) groups is 1. The van der Waals surface area contributed by atoms with Crippen LogP contribution < -0.4 is 0 Å². The van der Waals surface area contributed by atoms with E-state index in [0.717, 1.165) is 24.0 Å². The summed E-state index contributed by atoms with van der Waals surface area (Å²) in [4.78, 5) is 12.2. The molecule has 148 valence electrons. The molecule has 0 spiro atoms. The predicted octanol–water partition coefficient (Wildman–Crippen LogP) is 4.94. The van der Waals surface area contributed by atoms with Gasteiger partial charge in [-0.3, -0.25) is 9.69 Å². The van der Waals surface area contributed by atoms with Crippen molar-refractivity contribution in [2.75, 3.05) is 19.8 Å². The highest BCUT2D eigenvalue weighted by molar-refractivity contribution is 7.80. The normalized spacial score (nSPS) is 12.9. The zero-order chi connectivity index (χ0) is 20.6. The van der Waals surface area contributed by atoms with Crippen molar-refractivity contribution in [2.45, 2.75) is 39.2 Å². The number of likely N-dealkylation sites (N-methyl/N-ethyl adjacent to an activating group) is 1. The first kappa shape index (κ1) is 23.2. The number of hydrogen-bond acceptors (Lipinski definition) is 3. The van der Waals surface area contributed by atoms with Gasteiger partial charge in [0.25, 0.3) is 0 Å². The second-order valence-corrected chi connectivity index (χ2v) is 7.15. The smallest absolute Gasteiger partial charge is 0.324 e. The maximum atomic E-state index is 13.2. The third-order valence-electron chi connectivity index (χ3n) is 4.88. The summed E-state index contributed by atoms with van der Waals surface area (Å²) < 4.78 is 13.2. The van der Waals surface area contributed by atoms with Crippen molar-refractivity contribution in [3.63, 3.8) is 0 Å². The van der Waals surface area contributed by atoms with Crippen molar-refractivity contribution in [3.8, 4) is 11.1 Å². The predicted molar refractivity (Wildman–Crippen MR) is 114 cm³/mol. The fraction of sp³-hybridized carbons (Fsp3) is 0.409. The lowest BCUT2D eigenvalue weighted by molar-refractivity contribution is -0.147. The van der Waals surface area contributed by atoms with E-state index in [9.17, 15) is 9.18 Å².